The number of hydrogen-bond donors (Lipinski definition) is 1. The van der Waals surface area contributed by atoms with Crippen LogP contribution in [-0.4, -0.2) is 10.2 Å². The van der Waals surface area contributed by atoms with E-state index in [1.165, 1.54) is 0 Å². The zero-order chi connectivity index (χ0) is 7.28. The van der Waals surface area contributed by atoms with Crippen molar-refractivity contribution in [3.05, 3.63) is 4.47 Å². The number of rotatable bonds is 0. The summed E-state index contributed by atoms with van der Waals surface area (Å²) in [6.07, 6.45) is 0. The van der Waals surface area contributed by atoms with Gasteiger partial charge in [0.2, 0.25) is 9.60 Å². The second-order valence-corrected chi connectivity index (χ2v) is 2.48. The summed E-state index contributed by atoms with van der Waals surface area (Å²) in [5.41, 5.74) is 5.14. The summed E-state index contributed by atoms with van der Waals surface area (Å²) >= 11 is 6.49. The van der Waals surface area contributed by atoms with Gasteiger partial charge in [0, 0.05) is 0 Å². The van der Waals surface area contributed by atoms with Crippen molar-refractivity contribution in [2.45, 2.75) is 13.8 Å². The summed E-state index contributed by atoms with van der Waals surface area (Å²) in [5, 5.41) is 7.26. The average Bonchev–Trinajstić information content (AvgIpc) is 2.20. The zero-order valence-corrected chi connectivity index (χ0v) is 6.83. The molecule has 1 aromatic heterocycles. The molecule has 1 heterocycles. The molecule has 0 aliphatic carbocycles. The maximum atomic E-state index is 5.33. The lowest BCUT2D eigenvalue weighted by Crippen LogP contribution is -1.79. The van der Waals surface area contributed by atoms with Crippen molar-refractivity contribution in [1.82, 2.24) is 10.2 Å². The fourth-order valence-corrected chi connectivity index (χ4v) is 0.827. The predicted octanol–water partition coefficient (Wildman–Crippen LogP) is 1.80. The smallest absolute Gasteiger partial charge is 0.208 e. The lowest BCUT2D eigenvalue weighted by Gasteiger charge is -1.65. The van der Waals surface area contributed by atoms with Crippen LogP contribution in [0, 0.1) is 0 Å². The fourth-order valence-electron chi connectivity index (χ4n) is 0.216. The van der Waals surface area contributed by atoms with Crippen molar-refractivity contribution in [2.24, 2.45) is 0 Å². The number of nitrogens with zero attached hydrogens (tertiary/aromatic N) is 2. The molecule has 0 fully saturated rings. The van der Waals surface area contributed by atoms with Crippen LogP contribution in [0.3, 0.4) is 0 Å². The molecule has 1 rings (SSSR count). The van der Waals surface area contributed by atoms with E-state index in [1.807, 2.05) is 13.8 Å². The standard InChI is InChI=1S/C2H2ClN3S.C2H6/c3-1-5-6-2(4)7-1;1-2/h(H2,4,6);1-2H3. The van der Waals surface area contributed by atoms with E-state index in [1.54, 1.807) is 0 Å². The number of nitrogens with two attached hydrogens (primary N) is 1. The maximum absolute atomic E-state index is 5.33. The van der Waals surface area contributed by atoms with Crippen molar-refractivity contribution in [3.8, 4) is 0 Å². The molecule has 0 aromatic carbocycles. The summed E-state index contributed by atoms with van der Waals surface area (Å²) in [6, 6.07) is 0. The zero-order valence-electron chi connectivity index (χ0n) is 5.26. The van der Waals surface area contributed by atoms with Gasteiger partial charge < -0.3 is 5.73 Å². The van der Waals surface area contributed by atoms with E-state index < -0.39 is 0 Å². The molecule has 0 radical (unpaired) electrons. The van der Waals surface area contributed by atoms with E-state index in [4.69, 9.17) is 17.3 Å². The van der Waals surface area contributed by atoms with Gasteiger partial charge in [0.15, 0.2) is 0 Å². The van der Waals surface area contributed by atoms with Crippen molar-refractivity contribution in [3.63, 3.8) is 0 Å². The molecule has 52 valence electrons. The Labute approximate surface area is 62.9 Å². The largest absolute Gasteiger partial charge is 0.374 e. The van der Waals surface area contributed by atoms with Gasteiger partial charge in [-0.1, -0.05) is 25.2 Å². The normalized spacial score (nSPS) is 7.89. The molecule has 0 amide bonds. The van der Waals surface area contributed by atoms with E-state index in [0.29, 0.717) is 9.60 Å². The Balaban J connectivity index is 0.000000291. The van der Waals surface area contributed by atoms with Gasteiger partial charge in [-0.3, -0.25) is 0 Å². The molecule has 0 unspecified atom stereocenters. The molecule has 9 heavy (non-hydrogen) atoms. The number of halogens is 1. The Bertz CT molecular complexity index is 148. The van der Waals surface area contributed by atoms with Crippen molar-refractivity contribution >= 4 is 28.1 Å². The van der Waals surface area contributed by atoms with Gasteiger partial charge in [0.1, 0.15) is 0 Å². The monoisotopic (exact) mass is 165 g/mol. The lowest BCUT2D eigenvalue weighted by molar-refractivity contribution is 1.10. The molecular weight excluding hydrogens is 158 g/mol. The lowest BCUT2D eigenvalue weighted by atomic mass is 11.0. The van der Waals surface area contributed by atoms with Crippen molar-refractivity contribution < 1.29 is 0 Å². The third-order valence-electron chi connectivity index (χ3n) is 0.416. The molecule has 1 aromatic rings. The minimum Gasteiger partial charge on any atom is -0.374 e. The van der Waals surface area contributed by atoms with Crippen LogP contribution >= 0.6 is 22.9 Å². The topological polar surface area (TPSA) is 51.8 Å². The van der Waals surface area contributed by atoms with Gasteiger partial charge in [-0.25, -0.2) is 0 Å². The first-order valence-electron chi connectivity index (χ1n) is 2.53. The summed E-state index contributed by atoms with van der Waals surface area (Å²) in [5.74, 6) is 0. The summed E-state index contributed by atoms with van der Waals surface area (Å²) in [4.78, 5) is 0. The van der Waals surface area contributed by atoms with Crippen LogP contribution in [0.25, 0.3) is 0 Å². The molecule has 0 saturated carbocycles. The Hall–Kier alpha value is -0.350. The first kappa shape index (κ1) is 8.65. The Morgan fingerprint density at radius 1 is 1.44 bits per heavy atom. The quantitative estimate of drug-likeness (QED) is 0.638. The van der Waals surface area contributed by atoms with E-state index in [9.17, 15) is 0 Å². The minimum atomic E-state index is 0.387. The van der Waals surface area contributed by atoms with Crippen LogP contribution < -0.4 is 5.73 Å². The SMILES string of the molecule is CC.Nc1nnc(Cl)s1. The Morgan fingerprint density at radius 3 is 2.11 bits per heavy atom. The first-order valence-corrected chi connectivity index (χ1v) is 3.73. The van der Waals surface area contributed by atoms with Crippen LogP contribution in [0.1, 0.15) is 13.8 Å². The molecule has 0 atom stereocenters. The number of nitrogen functional groups attached to an aromatic ring is 1. The van der Waals surface area contributed by atoms with E-state index >= 15 is 0 Å². The third-order valence-corrected chi connectivity index (χ3v) is 1.26. The average molecular weight is 166 g/mol. The molecule has 5 heteroatoms. The molecular formula is C4H8ClN3S. The number of hydrogen-bond acceptors (Lipinski definition) is 4. The van der Waals surface area contributed by atoms with E-state index in [2.05, 4.69) is 10.2 Å². The summed E-state index contributed by atoms with van der Waals surface area (Å²) < 4.78 is 0.387. The molecule has 0 bridgehead atoms. The van der Waals surface area contributed by atoms with Crippen LogP contribution in [0.4, 0.5) is 5.13 Å². The first-order chi connectivity index (χ1) is 4.29. The van der Waals surface area contributed by atoms with Crippen LogP contribution in [0.2, 0.25) is 4.47 Å². The highest BCUT2D eigenvalue weighted by molar-refractivity contribution is 7.18. The van der Waals surface area contributed by atoms with E-state index in [0.717, 1.165) is 11.3 Å². The fraction of sp³-hybridized carbons (Fsp3) is 0.500. The minimum absolute atomic E-state index is 0.387. The molecule has 3 nitrogen and oxygen atoms in total. The van der Waals surface area contributed by atoms with Gasteiger partial charge in [-0.05, 0) is 11.6 Å². The van der Waals surface area contributed by atoms with Gasteiger partial charge in [-0.15, -0.1) is 10.2 Å². The second-order valence-electron chi connectivity index (χ2n) is 0.893. The second kappa shape index (κ2) is 4.52. The molecule has 0 aliphatic rings. The predicted molar refractivity (Wildman–Crippen MR) is 40.7 cm³/mol. The van der Waals surface area contributed by atoms with Crippen LogP contribution in [-0.2, 0) is 0 Å². The van der Waals surface area contributed by atoms with Crippen LogP contribution in [0.5, 0.6) is 0 Å². The van der Waals surface area contributed by atoms with Gasteiger partial charge in [0.25, 0.3) is 0 Å². The highest BCUT2D eigenvalue weighted by Crippen LogP contribution is 2.15. The highest BCUT2D eigenvalue weighted by Gasteiger charge is 1.91. The van der Waals surface area contributed by atoms with Gasteiger partial charge >= 0.3 is 0 Å². The molecule has 0 saturated heterocycles. The maximum Gasteiger partial charge on any atom is 0.208 e. The molecule has 2 N–H and O–H groups in total. The van der Waals surface area contributed by atoms with Crippen LogP contribution in [0.15, 0.2) is 0 Å². The molecule has 0 spiro atoms. The van der Waals surface area contributed by atoms with Crippen molar-refractivity contribution in [2.75, 3.05) is 5.73 Å². The number of aromatic nitrogens is 2. The third kappa shape index (κ3) is 3.26. The van der Waals surface area contributed by atoms with Gasteiger partial charge in [0.05, 0.1) is 0 Å². The number of anilines is 1. The Kier molecular flexibility index (Phi) is 4.35. The van der Waals surface area contributed by atoms with Crippen molar-refractivity contribution in [1.29, 1.82) is 0 Å². The highest BCUT2D eigenvalue weighted by atomic mass is 35.5. The summed E-state index contributed by atoms with van der Waals surface area (Å²) in [7, 11) is 0. The van der Waals surface area contributed by atoms with Gasteiger partial charge in [-0.2, -0.15) is 0 Å². The Morgan fingerprint density at radius 2 is 2.00 bits per heavy atom. The molecule has 0 aliphatic heterocycles. The summed E-state index contributed by atoms with van der Waals surface area (Å²) in [6.45, 7) is 4.00. The van der Waals surface area contributed by atoms with E-state index in [-0.39, 0.29) is 0 Å².